The molecule has 0 spiro atoms. The molecule has 1 aromatic rings. The van der Waals surface area contributed by atoms with Crippen LogP contribution < -0.4 is 5.73 Å². The Balaban J connectivity index is 2.42. The van der Waals surface area contributed by atoms with E-state index in [1.54, 1.807) is 18.7 Å². The maximum Gasteiger partial charge on any atom is 0.0749 e. The zero-order valence-electron chi connectivity index (χ0n) is 8.74. The van der Waals surface area contributed by atoms with Crippen molar-refractivity contribution < 1.29 is 5.11 Å². The molecule has 0 fully saturated rings. The Morgan fingerprint density at radius 2 is 2.13 bits per heavy atom. The summed E-state index contributed by atoms with van der Waals surface area (Å²) < 4.78 is 0. The van der Waals surface area contributed by atoms with E-state index in [1.807, 2.05) is 24.3 Å². The monoisotopic (exact) mass is 245 g/mol. The lowest BCUT2D eigenvalue weighted by Gasteiger charge is -2.20. The van der Waals surface area contributed by atoms with Crippen LogP contribution in [0.25, 0.3) is 0 Å². The Labute approximate surface area is 99.8 Å². The van der Waals surface area contributed by atoms with Crippen molar-refractivity contribution in [1.29, 1.82) is 0 Å². The van der Waals surface area contributed by atoms with Gasteiger partial charge in [0.1, 0.15) is 0 Å². The molecule has 1 atom stereocenters. The van der Waals surface area contributed by atoms with E-state index in [0.717, 1.165) is 15.7 Å². The fourth-order valence-corrected chi connectivity index (χ4v) is 2.49. The lowest BCUT2D eigenvalue weighted by Crippen LogP contribution is -2.34. The van der Waals surface area contributed by atoms with Crippen LogP contribution >= 0.6 is 23.4 Å². The maximum atomic E-state index is 9.70. The smallest absolute Gasteiger partial charge is 0.0749 e. The Kier molecular flexibility index (Phi) is 4.93. The van der Waals surface area contributed by atoms with E-state index in [1.165, 1.54) is 0 Å². The van der Waals surface area contributed by atoms with E-state index in [-0.39, 0.29) is 6.54 Å². The first-order chi connectivity index (χ1) is 7.05. The second-order valence-corrected chi connectivity index (χ2v) is 5.27. The molecule has 15 heavy (non-hydrogen) atoms. The van der Waals surface area contributed by atoms with Gasteiger partial charge in [-0.15, -0.1) is 11.8 Å². The van der Waals surface area contributed by atoms with Crippen LogP contribution in [0.2, 0.25) is 5.02 Å². The number of benzene rings is 1. The molecule has 3 N–H and O–H groups in total. The molecule has 0 aliphatic carbocycles. The molecular weight excluding hydrogens is 230 g/mol. The minimum absolute atomic E-state index is 0.288. The standard InChI is InChI=1S/C11H16ClNOS/c1-11(14,8-13)6-7-15-10-5-3-2-4-9(10)12/h2-5,14H,6-8,13H2,1H3. The number of hydrogen-bond acceptors (Lipinski definition) is 3. The summed E-state index contributed by atoms with van der Waals surface area (Å²) in [4.78, 5) is 1.05. The molecule has 1 aromatic carbocycles. The van der Waals surface area contributed by atoms with E-state index in [4.69, 9.17) is 17.3 Å². The SMILES string of the molecule is CC(O)(CN)CCSc1ccccc1Cl. The topological polar surface area (TPSA) is 46.2 Å². The van der Waals surface area contributed by atoms with Crippen molar-refractivity contribution in [3.05, 3.63) is 29.3 Å². The van der Waals surface area contributed by atoms with Crippen molar-refractivity contribution in [2.75, 3.05) is 12.3 Å². The van der Waals surface area contributed by atoms with Crippen LogP contribution in [0.4, 0.5) is 0 Å². The largest absolute Gasteiger partial charge is 0.389 e. The summed E-state index contributed by atoms with van der Waals surface area (Å²) in [6, 6.07) is 7.70. The van der Waals surface area contributed by atoms with Crippen LogP contribution in [-0.2, 0) is 0 Å². The predicted molar refractivity (Wildman–Crippen MR) is 66.5 cm³/mol. The molecule has 0 saturated heterocycles. The molecular formula is C11H16ClNOS. The van der Waals surface area contributed by atoms with Crippen LogP contribution in [0, 0.1) is 0 Å². The second-order valence-electron chi connectivity index (χ2n) is 3.73. The number of halogens is 1. The fraction of sp³-hybridized carbons (Fsp3) is 0.455. The van der Waals surface area contributed by atoms with Crippen molar-refractivity contribution in [3.8, 4) is 0 Å². The van der Waals surface area contributed by atoms with Gasteiger partial charge in [0.2, 0.25) is 0 Å². The molecule has 0 aliphatic heterocycles. The predicted octanol–water partition coefficient (Wildman–Crippen LogP) is 2.53. The van der Waals surface area contributed by atoms with Crippen molar-refractivity contribution >= 4 is 23.4 Å². The average molecular weight is 246 g/mol. The fourth-order valence-electron chi connectivity index (χ4n) is 1.04. The van der Waals surface area contributed by atoms with Gasteiger partial charge in [-0.25, -0.2) is 0 Å². The number of thioether (sulfide) groups is 1. The van der Waals surface area contributed by atoms with Gasteiger partial charge < -0.3 is 10.8 Å². The van der Waals surface area contributed by atoms with Crippen molar-refractivity contribution in [3.63, 3.8) is 0 Å². The first kappa shape index (κ1) is 12.8. The third-order valence-electron chi connectivity index (χ3n) is 2.17. The highest BCUT2D eigenvalue weighted by Crippen LogP contribution is 2.28. The third kappa shape index (κ3) is 4.43. The van der Waals surface area contributed by atoms with Gasteiger partial charge in [-0.05, 0) is 25.5 Å². The minimum Gasteiger partial charge on any atom is -0.389 e. The highest BCUT2D eigenvalue weighted by molar-refractivity contribution is 7.99. The highest BCUT2D eigenvalue weighted by atomic mass is 35.5. The quantitative estimate of drug-likeness (QED) is 0.784. The molecule has 1 unspecified atom stereocenters. The Morgan fingerprint density at radius 3 is 2.73 bits per heavy atom. The van der Waals surface area contributed by atoms with Gasteiger partial charge in [0.05, 0.1) is 10.6 Å². The molecule has 0 saturated carbocycles. The summed E-state index contributed by atoms with van der Waals surface area (Å²) in [5.74, 6) is 0.813. The summed E-state index contributed by atoms with van der Waals surface area (Å²) in [5, 5.41) is 10.5. The van der Waals surface area contributed by atoms with Crippen LogP contribution in [0.5, 0.6) is 0 Å². The summed E-state index contributed by atoms with van der Waals surface area (Å²) >= 11 is 7.64. The van der Waals surface area contributed by atoms with Crippen molar-refractivity contribution in [2.45, 2.75) is 23.8 Å². The van der Waals surface area contributed by atoms with Gasteiger partial charge in [-0.3, -0.25) is 0 Å². The summed E-state index contributed by atoms with van der Waals surface area (Å²) in [6.07, 6.45) is 0.666. The zero-order valence-corrected chi connectivity index (χ0v) is 10.3. The van der Waals surface area contributed by atoms with Gasteiger partial charge in [-0.1, -0.05) is 23.7 Å². The minimum atomic E-state index is -0.770. The third-order valence-corrected chi connectivity index (χ3v) is 3.69. The van der Waals surface area contributed by atoms with Crippen LogP contribution in [0.1, 0.15) is 13.3 Å². The van der Waals surface area contributed by atoms with Gasteiger partial charge in [0.25, 0.3) is 0 Å². The molecule has 0 aliphatic rings. The highest BCUT2D eigenvalue weighted by Gasteiger charge is 2.17. The van der Waals surface area contributed by atoms with E-state index in [2.05, 4.69) is 0 Å². The van der Waals surface area contributed by atoms with E-state index >= 15 is 0 Å². The van der Waals surface area contributed by atoms with Gasteiger partial charge in [0.15, 0.2) is 0 Å². The summed E-state index contributed by atoms with van der Waals surface area (Å²) in [5.41, 5.74) is 4.66. The maximum absolute atomic E-state index is 9.70. The van der Waals surface area contributed by atoms with E-state index in [9.17, 15) is 5.11 Å². The zero-order chi connectivity index (χ0) is 11.3. The molecule has 0 heterocycles. The van der Waals surface area contributed by atoms with Crippen LogP contribution in [0.15, 0.2) is 29.2 Å². The molecule has 0 radical (unpaired) electrons. The molecule has 2 nitrogen and oxygen atoms in total. The summed E-state index contributed by atoms with van der Waals surface area (Å²) in [6.45, 7) is 2.04. The Bertz CT molecular complexity index is 317. The van der Waals surface area contributed by atoms with Gasteiger partial charge in [0, 0.05) is 17.2 Å². The lowest BCUT2D eigenvalue weighted by atomic mass is 10.1. The Morgan fingerprint density at radius 1 is 1.47 bits per heavy atom. The molecule has 1 rings (SSSR count). The number of rotatable bonds is 5. The first-order valence-electron chi connectivity index (χ1n) is 4.85. The first-order valence-corrected chi connectivity index (χ1v) is 6.21. The molecule has 0 aromatic heterocycles. The van der Waals surface area contributed by atoms with Crippen LogP contribution in [-0.4, -0.2) is 23.0 Å². The van der Waals surface area contributed by atoms with Crippen LogP contribution in [0.3, 0.4) is 0 Å². The molecule has 0 bridgehead atoms. The number of aliphatic hydroxyl groups is 1. The average Bonchev–Trinajstić information content (AvgIpc) is 2.21. The molecule has 0 amide bonds. The molecule has 84 valence electrons. The van der Waals surface area contributed by atoms with Crippen molar-refractivity contribution in [2.24, 2.45) is 5.73 Å². The normalized spacial score (nSPS) is 14.9. The molecule has 4 heteroatoms. The van der Waals surface area contributed by atoms with E-state index in [0.29, 0.717) is 6.42 Å². The summed E-state index contributed by atoms with van der Waals surface area (Å²) in [7, 11) is 0. The lowest BCUT2D eigenvalue weighted by molar-refractivity contribution is 0.0665. The number of hydrogen-bond donors (Lipinski definition) is 2. The van der Waals surface area contributed by atoms with E-state index < -0.39 is 5.60 Å². The van der Waals surface area contributed by atoms with Gasteiger partial charge >= 0.3 is 0 Å². The second kappa shape index (κ2) is 5.75. The van der Waals surface area contributed by atoms with Crippen molar-refractivity contribution in [1.82, 2.24) is 0 Å². The Hall–Kier alpha value is -0.220. The van der Waals surface area contributed by atoms with Gasteiger partial charge in [-0.2, -0.15) is 0 Å². The number of nitrogens with two attached hydrogens (primary N) is 1.